The van der Waals surface area contributed by atoms with Crippen molar-refractivity contribution in [1.82, 2.24) is 5.32 Å². The average molecular weight is 340 g/mol. The Kier molecular flexibility index (Phi) is 5.73. The Balaban J connectivity index is 1.97. The zero-order valence-corrected chi connectivity index (χ0v) is 14.0. The van der Waals surface area contributed by atoms with Crippen LogP contribution in [0.1, 0.15) is 34.6 Å². The first-order valence-electron chi connectivity index (χ1n) is 7.74. The van der Waals surface area contributed by atoms with E-state index in [-0.39, 0.29) is 18.0 Å². The normalized spacial score (nSPS) is 10.2. The van der Waals surface area contributed by atoms with Crippen molar-refractivity contribution in [1.29, 1.82) is 0 Å². The number of hydrogen-bond acceptors (Lipinski definition) is 3. The maximum atomic E-state index is 12.2. The van der Waals surface area contributed by atoms with E-state index in [1.54, 1.807) is 24.3 Å². The van der Waals surface area contributed by atoms with Crippen LogP contribution in [0, 0.1) is 0 Å². The molecule has 25 heavy (non-hydrogen) atoms. The van der Waals surface area contributed by atoms with Gasteiger partial charge < -0.3 is 21.7 Å². The Morgan fingerprint density at radius 3 is 1.76 bits per heavy atom. The molecule has 0 aliphatic heterocycles. The first-order valence-corrected chi connectivity index (χ1v) is 7.74. The molecule has 0 fully saturated rings. The van der Waals surface area contributed by atoms with Crippen molar-refractivity contribution in [2.24, 2.45) is 5.73 Å². The average Bonchev–Trinajstić information content (AvgIpc) is 2.56. The third-order valence-corrected chi connectivity index (χ3v) is 3.25. The van der Waals surface area contributed by atoms with Crippen molar-refractivity contribution in [3.05, 3.63) is 59.7 Å². The fourth-order valence-corrected chi connectivity index (χ4v) is 2.06. The molecule has 130 valence electrons. The van der Waals surface area contributed by atoms with Gasteiger partial charge in [0.15, 0.2) is 0 Å². The Morgan fingerprint density at radius 1 is 0.800 bits per heavy atom. The van der Waals surface area contributed by atoms with Gasteiger partial charge in [-0.05, 0) is 62.4 Å². The summed E-state index contributed by atoms with van der Waals surface area (Å²) < 4.78 is 0. The number of primary amides is 1. The lowest BCUT2D eigenvalue weighted by Gasteiger charge is -2.11. The standard InChI is InChI=1S/C18H20N4O3/c1-11(2)20-18(25)22-15-9-7-14(8-10-15)21-17(24)13-5-3-12(4-6-13)16(19)23/h3-11H,1-2H3,(H2,19,23)(H,21,24)(H2,20,22,25). The van der Waals surface area contributed by atoms with Crippen LogP contribution in [0.2, 0.25) is 0 Å². The van der Waals surface area contributed by atoms with Crippen molar-refractivity contribution in [3.63, 3.8) is 0 Å². The van der Waals surface area contributed by atoms with Crippen molar-refractivity contribution >= 4 is 29.2 Å². The molecule has 0 aliphatic rings. The van der Waals surface area contributed by atoms with Crippen molar-refractivity contribution in [2.75, 3.05) is 10.6 Å². The fraction of sp³-hybridized carbons (Fsp3) is 0.167. The van der Waals surface area contributed by atoms with Gasteiger partial charge in [0.1, 0.15) is 0 Å². The van der Waals surface area contributed by atoms with Crippen molar-refractivity contribution < 1.29 is 14.4 Å². The molecule has 0 saturated heterocycles. The van der Waals surface area contributed by atoms with E-state index >= 15 is 0 Å². The summed E-state index contributed by atoms with van der Waals surface area (Å²) in [4.78, 5) is 34.8. The third kappa shape index (κ3) is 5.35. The zero-order chi connectivity index (χ0) is 18.4. The molecule has 7 nitrogen and oxygen atoms in total. The van der Waals surface area contributed by atoms with E-state index in [1.165, 1.54) is 24.3 Å². The van der Waals surface area contributed by atoms with Gasteiger partial charge in [0.2, 0.25) is 5.91 Å². The SMILES string of the molecule is CC(C)NC(=O)Nc1ccc(NC(=O)c2ccc(C(N)=O)cc2)cc1. The van der Waals surface area contributed by atoms with Gasteiger partial charge in [0.05, 0.1) is 0 Å². The van der Waals surface area contributed by atoms with E-state index < -0.39 is 5.91 Å². The Hall–Kier alpha value is -3.35. The van der Waals surface area contributed by atoms with Crippen LogP contribution < -0.4 is 21.7 Å². The van der Waals surface area contributed by atoms with Crippen LogP contribution in [0.5, 0.6) is 0 Å². The molecule has 0 aliphatic carbocycles. The van der Waals surface area contributed by atoms with Crippen LogP contribution in [0.25, 0.3) is 0 Å². The fourth-order valence-electron chi connectivity index (χ4n) is 2.06. The number of rotatable bonds is 5. The molecule has 4 amide bonds. The zero-order valence-electron chi connectivity index (χ0n) is 14.0. The summed E-state index contributed by atoms with van der Waals surface area (Å²) in [5, 5.41) is 8.15. The summed E-state index contributed by atoms with van der Waals surface area (Å²) >= 11 is 0. The Labute approximate surface area is 145 Å². The van der Waals surface area contributed by atoms with Gasteiger partial charge in [0, 0.05) is 28.5 Å². The second kappa shape index (κ2) is 7.96. The van der Waals surface area contributed by atoms with Gasteiger partial charge in [0.25, 0.3) is 5.91 Å². The van der Waals surface area contributed by atoms with E-state index in [2.05, 4.69) is 16.0 Å². The van der Waals surface area contributed by atoms with Gasteiger partial charge >= 0.3 is 6.03 Å². The number of benzene rings is 2. The predicted octanol–water partition coefficient (Wildman–Crippen LogP) is 2.57. The topological polar surface area (TPSA) is 113 Å². The van der Waals surface area contributed by atoms with Crippen molar-refractivity contribution in [3.8, 4) is 0 Å². The second-order valence-corrected chi connectivity index (χ2v) is 5.73. The first kappa shape index (κ1) is 18.0. The number of amides is 4. The highest BCUT2D eigenvalue weighted by atomic mass is 16.2. The number of hydrogen-bond donors (Lipinski definition) is 4. The molecule has 0 spiro atoms. The first-order chi connectivity index (χ1) is 11.8. The highest BCUT2D eigenvalue weighted by molar-refractivity contribution is 6.05. The molecule has 0 saturated carbocycles. The molecule has 7 heteroatoms. The number of nitrogens with two attached hydrogens (primary N) is 1. The third-order valence-electron chi connectivity index (χ3n) is 3.25. The molecule has 2 rings (SSSR count). The molecule has 0 atom stereocenters. The highest BCUT2D eigenvalue weighted by Gasteiger charge is 2.08. The molecule has 0 aromatic heterocycles. The molecule has 0 bridgehead atoms. The molecule has 0 radical (unpaired) electrons. The lowest BCUT2D eigenvalue weighted by molar-refractivity contribution is 0.0995. The quantitative estimate of drug-likeness (QED) is 0.671. The van der Waals surface area contributed by atoms with Crippen LogP contribution in [0.3, 0.4) is 0 Å². The molecular formula is C18H20N4O3. The number of nitrogens with one attached hydrogen (secondary N) is 3. The molecule has 5 N–H and O–H groups in total. The van der Waals surface area contributed by atoms with E-state index in [9.17, 15) is 14.4 Å². The van der Waals surface area contributed by atoms with Gasteiger partial charge in [-0.15, -0.1) is 0 Å². The maximum absolute atomic E-state index is 12.2. The summed E-state index contributed by atoms with van der Waals surface area (Å²) in [5.41, 5.74) is 7.11. The van der Waals surface area contributed by atoms with Crippen molar-refractivity contribution in [2.45, 2.75) is 19.9 Å². The Bertz CT molecular complexity index is 768. The van der Waals surface area contributed by atoms with Gasteiger partial charge in [-0.1, -0.05) is 0 Å². The van der Waals surface area contributed by atoms with Gasteiger partial charge in [-0.25, -0.2) is 4.79 Å². The molecular weight excluding hydrogens is 320 g/mol. The maximum Gasteiger partial charge on any atom is 0.319 e. The van der Waals surface area contributed by atoms with E-state index in [0.717, 1.165) is 0 Å². The molecule has 0 heterocycles. The minimum absolute atomic E-state index is 0.0412. The summed E-state index contributed by atoms with van der Waals surface area (Å²) in [5.74, 6) is -0.856. The second-order valence-electron chi connectivity index (χ2n) is 5.73. The van der Waals surface area contributed by atoms with Crippen LogP contribution in [-0.2, 0) is 0 Å². The summed E-state index contributed by atoms with van der Waals surface area (Å²) in [6.07, 6.45) is 0. The molecule has 2 aromatic rings. The summed E-state index contributed by atoms with van der Waals surface area (Å²) in [6, 6.07) is 12.5. The lowest BCUT2D eigenvalue weighted by atomic mass is 10.1. The number of anilines is 2. The lowest BCUT2D eigenvalue weighted by Crippen LogP contribution is -2.34. The van der Waals surface area contributed by atoms with Gasteiger partial charge in [-0.2, -0.15) is 0 Å². The number of urea groups is 1. The smallest absolute Gasteiger partial charge is 0.319 e. The molecule has 2 aromatic carbocycles. The number of carbonyl (C=O) groups excluding carboxylic acids is 3. The van der Waals surface area contributed by atoms with Crippen LogP contribution >= 0.6 is 0 Å². The predicted molar refractivity (Wildman–Crippen MR) is 96.6 cm³/mol. The summed E-state index contributed by atoms with van der Waals surface area (Å²) in [7, 11) is 0. The summed E-state index contributed by atoms with van der Waals surface area (Å²) in [6.45, 7) is 3.74. The minimum Gasteiger partial charge on any atom is -0.366 e. The molecule has 0 unspecified atom stereocenters. The minimum atomic E-state index is -0.545. The van der Waals surface area contributed by atoms with E-state index in [1.807, 2.05) is 13.8 Å². The Morgan fingerprint density at radius 2 is 1.28 bits per heavy atom. The van der Waals surface area contributed by atoms with Gasteiger partial charge in [-0.3, -0.25) is 9.59 Å². The van der Waals surface area contributed by atoms with Crippen LogP contribution in [0.4, 0.5) is 16.2 Å². The largest absolute Gasteiger partial charge is 0.366 e. The monoisotopic (exact) mass is 340 g/mol. The van der Waals surface area contributed by atoms with Crippen LogP contribution in [-0.4, -0.2) is 23.9 Å². The van der Waals surface area contributed by atoms with E-state index in [0.29, 0.717) is 22.5 Å². The highest BCUT2D eigenvalue weighted by Crippen LogP contribution is 2.15. The van der Waals surface area contributed by atoms with Crippen LogP contribution in [0.15, 0.2) is 48.5 Å². The number of carbonyl (C=O) groups is 3. The van der Waals surface area contributed by atoms with E-state index in [4.69, 9.17) is 5.73 Å².